The molecule has 4 aromatic heterocycles. The lowest BCUT2D eigenvalue weighted by Gasteiger charge is -2.43. The van der Waals surface area contributed by atoms with Crippen molar-refractivity contribution >= 4 is 169 Å². The third-order valence-electron chi connectivity index (χ3n) is 20.1. The summed E-state index contributed by atoms with van der Waals surface area (Å²) in [6, 6.07) is 35.4. The molecule has 570 valence electrons. The second kappa shape index (κ2) is 36.9. The average Bonchev–Trinajstić information content (AvgIpc) is 1.66. The first-order valence-corrected chi connectivity index (χ1v) is 38.0. The molecule has 9 aromatic rings. The van der Waals surface area contributed by atoms with Crippen LogP contribution in [0.15, 0.2) is 194 Å². The number of fused-ring (bicyclic) bond motifs is 4. The van der Waals surface area contributed by atoms with Gasteiger partial charge >= 0.3 is 0 Å². The topological polar surface area (TPSA) is 251 Å². The predicted octanol–water partition coefficient (Wildman–Crippen LogP) is 10.5. The van der Waals surface area contributed by atoms with Gasteiger partial charge in [-0.15, -0.1) is 0 Å². The second-order valence-electron chi connectivity index (χ2n) is 27.4. The van der Waals surface area contributed by atoms with Crippen molar-refractivity contribution in [2.24, 2.45) is 11.8 Å². The highest BCUT2D eigenvalue weighted by Gasteiger charge is 2.37. The summed E-state index contributed by atoms with van der Waals surface area (Å²) >= 11 is 25.3. The Morgan fingerprint density at radius 3 is 1.50 bits per heavy atom. The van der Waals surface area contributed by atoms with Gasteiger partial charge in [0.2, 0.25) is 35.4 Å². The van der Waals surface area contributed by atoms with Crippen molar-refractivity contribution in [1.82, 2.24) is 52.6 Å². The molecule has 0 saturated carbocycles. The zero-order chi connectivity index (χ0) is 78.5. The molecule has 9 heterocycles. The van der Waals surface area contributed by atoms with Crippen LogP contribution in [-0.2, 0) is 64.5 Å². The molecule has 14 rings (SSSR count). The molecule has 7 amide bonds. The maximum atomic E-state index is 13.6. The first-order chi connectivity index (χ1) is 52.2. The number of piperazine rings is 1. The van der Waals surface area contributed by atoms with Crippen molar-refractivity contribution in [3.05, 3.63) is 225 Å². The molecule has 0 spiro atoms. The molecule has 0 unspecified atom stereocenters. The van der Waals surface area contributed by atoms with Crippen molar-refractivity contribution in [1.29, 1.82) is 0 Å². The number of rotatable bonds is 20. The summed E-state index contributed by atoms with van der Waals surface area (Å²) in [6.45, 7) is 24.6. The molecule has 109 heavy (non-hydrogen) atoms. The highest BCUT2D eigenvalue weighted by atomic mass is 79.9. The molecular formula is C80H85Br2Cl3N13O11+. The molecule has 5 aliphatic rings. The number of aromatic nitrogens is 4. The maximum Gasteiger partial charge on any atom is 0.256 e. The van der Waals surface area contributed by atoms with Gasteiger partial charge in [-0.25, -0.2) is 5.21 Å². The first kappa shape index (κ1) is 81.4. The van der Waals surface area contributed by atoms with E-state index in [2.05, 4.69) is 87.3 Å². The fraction of sp³-hybridized carbons (Fsp3) is 0.312. The molecule has 2 N–H and O–H groups in total. The number of hydrogen-bond acceptors (Lipinski definition) is 11. The number of carbonyl (C=O) groups is 9. The summed E-state index contributed by atoms with van der Waals surface area (Å²) in [5.41, 5.74) is 6.66. The Morgan fingerprint density at radius 1 is 0.514 bits per heavy atom. The van der Waals surface area contributed by atoms with E-state index >= 15 is 0 Å². The Balaban J connectivity index is 0.000000156. The number of ketones is 2. The van der Waals surface area contributed by atoms with Crippen LogP contribution in [0.2, 0.25) is 15.1 Å². The number of nitrogens with zero attached hydrogens (tertiary/aromatic N) is 12. The number of benzene rings is 5. The van der Waals surface area contributed by atoms with Crippen molar-refractivity contribution in [2.45, 2.75) is 58.0 Å². The van der Waals surface area contributed by atoms with Crippen LogP contribution in [0.25, 0.3) is 43.6 Å². The van der Waals surface area contributed by atoms with Crippen LogP contribution in [0.5, 0.6) is 0 Å². The zero-order valence-electron chi connectivity index (χ0n) is 60.7. The van der Waals surface area contributed by atoms with E-state index in [9.17, 15) is 43.2 Å². The van der Waals surface area contributed by atoms with Crippen LogP contribution in [-0.4, -0.2) is 215 Å². The lowest BCUT2D eigenvalue weighted by molar-refractivity contribution is -0.755. The van der Waals surface area contributed by atoms with E-state index in [1.54, 1.807) is 49.6 Å². The number of likely N-dealkylation sites (N-methyl/N-ethyl adjacent to an activating group) is 2. The van der Waals surface area contributed by atoms with E-state index in [1.807, 2.05) is 134 Å². The highest BCUT2D eigenvalue weighted by Crippen LogP contribution is 2.33. The Hall–Kier alpha value is -10.1. The number of halogens is 5. The smallest absolute Gasteiger partial charge is 0.256 e. The lowest BCUT2D eigenvalue weighted by atomic mass is 9.94. The summed E-state index contributed by atoms with van der Waals surface area (Å²) in [4.78, 5) is 132. The van der Waals surface area contributed by atoms with Crippen LogP contribution >= 0.6 is 66.7 Å². The fourth-order valence-corrected chi connectivity index (χ4v) is 15.3. The molecule has 0 aliphatic carbocycles. The maximum absolute atomic E-state index is 13.6. The number of carbonyl (C=O) groups excluding carboxylic acids is 9. The van der Waals surface area contributed by atoms with Crippen molar-refractivity contribution in [3.8, 4) is 0 Å². The number of nitrogens with one attached hydrogen (secondary N) is 1. The summed E-state index contributed by atoms with van der Waals surface area (Å²) < 4.78 is 9.58. The fourth-order valence-electron chi connectivity index (χ4n) is 13.8. The molecule has 5 saturated heterocycles. The van der Waals surface area contributed by atoms with Crippen LogP contribution in [0, 0.1) is 23.7 Å². The standard InChI is InChI=1S/C28H29BrN4O3.C18H20BrN3O2.C17H16Cl2N2O2.C17H18ClN3O2.HNO2/c1-2-27(35)33-16-20(17-33)14-23(34)18-32-19-25(24-15-21(29)8-9-26(24)32)28(36)31-12-10-30(11-13-31)22-6-4-3-5-7-22;1-4-17(23)22-9-14(10-22)20(3)18(24)11-21-6-5-13-8-15(19)12(2)7-16(13)21;1-2-16(23)21-8-11(9-21)5-14(22)10-20-4-3-12-6-13(18)7-15(19)17(12)20;1-3-16(22)21-9-14(10-21)19(2)17(23)11-20-7-6-12-8-13(18)4-5-15(12)20;2-1-3/h2-9,15,19-20H,1,10-14,16-18H2;4-8,14H,1,9-11H2,2-3H3;2-4,6-7,11H,1,5,8-10H2;3-8,14H,1,9-11H2,2H3;1H/p+1. The quantitative estimate of drug-likeness (QED) is 0.0534. The number of para-hydroxylation sites is 1. The third-order valence-corrected chi connectivity index (χ3v) is 22.2. The van der Waals surface area contributed by atoms with Gasteiger partial charge < -0.3 is 57.5 Å². The molecule has 0 atom stereocenters. The molecule has 5 aromatic carbocycles. The molecule has 5 aliphatic heterocycles. The minimum absolute atomic E-state index is 0.00502. The van der Waals surface area contributed by atoms with E-state index < -0.39 is 0 Å². The van der Waals surface area contributed by atoms with E-state index in [0.29, 0.717) is 111 Å². The van der Waals surface area contributed by atoms with Crippen LogP contribution in [0.4, 0.5) is 5.69 Å². The van der Waals surface area contributed by atoms with Gasteiger partial charge in [-0.3, -0.25) is 43.2 Å². The molecule has 0 radical (unpaired) electrons. The number of amides is 7. The van der Waals surface area contributed by atoms with Crippen LogP contribution in [0.3, 0.4) is 0 Å². The van der Waals surface area contributed by atoms with Gasteiger partial charge in [0.25, 0.3) is 5.91 Å². The van der Waals surface area contributed by atoms with Crippen molar-refractivity contribution < 1.29 is 53.7 Å². The highest BCUT2D eigenvalue weighted by molar-refractivity contribution is 9.10. The van der Waals surface area contributed by atoms with Crippen LogP contribution in [0.1, 0.15) is 28.8 Å². The van der Waals surface area contributed by atoms with E-state index in [4.69, 9.17) is 44.9 Å². The molecule has 5 fully saturated rings. The van der Waals surface area contributed by atoms with Gasteiger partial charge in [0.05, 0.1) is 46.2 Å². The van der Waals surface area contributed by atoms with Gasteiger partial charge in [0.1, 0.15) is 13.1 Å². The second-order valence-corrected chi connectivity index (χ2v) is 30.4. The molecule has 24 nitrogen and oxygen atoms in total. The van der Waals surface area contributed by atoms with Gasteiger partial charge in [0, 0.05) is 205 Å². The number of anilines is 1. The van der Waals surface area contributed by atoms with Gasteiger partial charge in [-0.2, -0.15) is 0 Å². The Bertz CT molecular complexity index is 4970. The molecule has 29 heteroatoms. The number of Topliss-reactive ketones (excluding diaryl/α,β-unsaturated/α-hetero) is 2. The van der Waals surface area contributed by atoms with Gasteiger partial charge in [0.15, 0.2) is 16.9 Å². The average molecular weight is 1670 g/mol. The Kier molecular flexibility index (Phi) is 27.5. The number of likely N-dealkylation sites (tertiary alicyclic amines) is 4. The SMILES string of the molecule is C=CC(=O)N1CC(CC(=O)Cn2cc(C(=O)N3CCN(c4ccccc4)CC3)c3cc(Br)ccc32)C1.C=CC(=O)N1CC(CC(=O)Cn2ccc3cc(Cl)cc(Cl)c32)C1.C=CC(=O)N1CC(N(C)C(=O)Cn2ccc3cc(Br)c(C)cc32)C1.C=CC(=O)N1CC(N(C)C(=O)Cn2ccc3cc(Cl)ccc32)C1.O=[NH+]O. The molecule has 0 bridgehead atoms. The largest absolute Gasteiger partial charge is 0.368 e. The summed E-state index contributed by atoms with van der Waals surface area (Å²) in [6.07, 6.45) is 13.6. The summed E-state index contributed by atoms with van der Waals surface area (Å²) in [7, 11) is 3.58. The minimum Gasteiger partial charge on any atom is -0.368 e. The van der Waals surface area contributed by atoms with E-state index in [0.717, 1.165) is 71.2 Å². The number of hydrogen-bond donors (Lipinski definition) is 2. The minimum atomic E-state index is -0.0894. The van der Waals surface area contributed by atoms with Gasteiger partial charge in [-0.1, -0.05) is 111 Å². The Labute approximate surface area is 662 Å². The van der Waals surface area contributed by atoms with Crippen molar-refractivity contribution in [3.63, 3.8) is 0 Å². The number of aryl methyl sites for hydroxylation is 1. The Morgan fingerprint density at radius 2 is 0.972 bits per heavy atom. The first-order valence-electron chi connectivity index (χ1n) is 35.2. The third kappa shape index (κ3) is 19.9. The van der Waals surface area contributed by atoms with Gasteiger partial charge in [-0.05, 0) is 128 Å². The van der Waals surface area contributed by atoms with E-state index in [-0.39, 0.29) is 96.5 Å². The monoisotopic (exact) mass is 1670 g/mol. The van der Waals surface area contributed by atoms with E-state index in [1.165, 1.54) is 30.0 Å². The zero-order valence-corrected chi connectivity index (χ0v) is 66.1. The summed E-state index contributed by atoms with van der Waals surface area (Å²) in [5.74, 6) is 0.372. The normalized spacial score (nSPS) is 14.9. The van der Waals surface area contributed by atoms with Crippen molar-refractivity contribution in [2.75, 3.05) is 97.5 Å². The summed E-state index contributed by atoms with van der Waals surface area (Å²) in [5, 5.41) is 12.9. The van der Waals surface area contributed by atoms with Crippen LogP contribution < -0.4 is 10.2 Å². The predicted molar refractivity (Wildman–Crippen MR) is 430 cm³/mol. The lowest BCUT2D eigenvalue weighted by Crippen LogP contribution is -2.61. The molecular weight excluding hydrogens is 1590 g/mol.